The van der Waals surface area contributed by atoms with E-state index in [1.807, 2.05) is 18.9 Å². The summed E-state index contributed by atoms with van der Waals surface area (Å²) in [6, 6.07) is -0.163. The molecule has 2 fully saturated rings. The molecule has 3 heterocycles. The third kappa shape index (κ3) is 3.25. The second-order valence-electron chi connectivity index (χ2n) is 7.93. The van der Waals surface area contributed by atoms with Gasteiger partial charge in [0.25, 0.3) is 5.56 Å². The Morgan fingerprint density at radius 3 is 2.59 bits per heavy atom. The van der Waals surface area contributed by atoms with Gasteiger partial charge in [-0.1, -0.05) is 0 Å². The number of amides is 1. The second-order valence-corrected chi connectivity index (χ2v) is 7.93. The first-order valence-electron chi connectivity index (χ1n) is 9.96. The van der Waals surface area contributed by atoms with Crippen molar-refractivity contribution >= 4 is 11.9 Å². The standard InChI is InChI=1S/C19H29N5O3/c1-13(20-2)17(26)23-7-5-19(6-8-23)4-3-14-15(19)21-18(22-16(14)25)24-9-11-27-12-10-24/h13,20H,3-12H2,1-2H3,(H,21,22,25)/t13-/m0/s1. The van der Waals surface area contributed by atoms with Crippen LogP contribution in [0.4, 0.5) is 5.95 Å². The van der Waals surface area contributed by atoms with Gasteiger partial charge in [-0.2, -0.15) is 0 Å². The van der Waals surface area contributed by atoms with Crippen LogP contribution < -0.4 is 15.8 Å². The number of carbonyl (C=O) groups is 1. The van der Waals surface area contributed by atoms with Crippen molar-refractivity contribution in [3.63, 3.8) is 0 Å². The molecule has 148 valence electrons. The zero-order valence-electron chi connectivity index (χ0n) is 16.2. The number of nitrogens with zero attached hydrogens (tertiary/aromatic N) is 3. The van der Waals surface area contributed by atoms with Gasteiger partial charge in [0.05, 0.1) is 24.9 Å². The number of aromatic nitrogens is 2. The van der Waals surface area contributed by atoms with Gasteiger partial charge >= 0.3 is 0 Å². The number of hydrogen-bond donors (Lipinski definition) is 2. The number of ether oxygens (including phenoxy) is 1. The molecule has 8 nitrogen and oxygen atoms in total. The molecule has 3 aliphatic rings. The van der Waals surface area contributed by atoms with Crippen molar-refractivity contribution in [2.75, 3.05) is 51.3 Å². The maximum atomic E-state index is 12.7. The van der Waals surface area contributed by atoms with Crippen LogP contribution >= 0.6 is 0 Å². The maximum absolute atomic E-state index is 12.7. The number of hydrogen-bond acceptors (Lipinski definition) is 6. The molecular weight excluding hydrogens is 346 g/mol. The fourth-order valence-electron chi connectivity index (χ4n) is 4.60. The molecule has 0 aromatic carbocycles. The van der Waals surface area contributed by atoms with Crippen molar-refractivity contribution in [1.29, 1.82) is 0 Å². The molecule has 1 aromatic rings. The monoisotopic (exact) mass is 375 g/mol. The van der Waals surface area contributed by atoms with E-state index in [1.54, 1.807) is 0 Å². The van der Waals surface area contributed by atoms with Crippen molar-refractivity contribution in [2.24, 2.45) is 0 Å². The van der Waals surface area contributed by atoms with Gasteiger partial charge in [0.15, 0.2) is 0 Å². The molecule has 0 bridgehead atoms. The van der Waals surface area contributed by atoms with Crippen molar-refractivity contribution in [3.8, 4) is 0 Å². The summed E-state index contributed by atoms with van der Waals surface area (Å²) < 4.78 is 5.41. The van der Waals surface area contributed by atoms with Crippen molar-refractivity contribution in [2.45, 2.75) is 44.1 Å². The topological polar surface area (TPSA) is 90.6 Å². The van der Waals surface area contributed by atoms with E-state index in [-0.39, 0.29) is 22.9 Å². The van der Waals surface area contributed by atoms with Crippen LogP contribution in [0.1, 0.15) is 37.4 Å². The number of piperidine rings is 1. The third-order valence-corrected chi connectivity index (χ3v) is 6.51. The zero-order chi connectivity index (χ0) is 19.0. The molecule has 1 spiro atoms. The van der Waals surface area contributed by atoms with E-state index < -0.39 is 0 Å². The predicted octanol–water partition coefficient (Wildman–Crippen LogP) is 0.0208. The minimum absolute atomic E-state index is 0.000628. The van der Waals surface area contributed by atoms with E-state index >= 15 is 0 Å². The smallest absolute Gasteiger partial charge is 0.255 e. The number of nitrogens with one attached hydrogen (secondary N) is 2. The lowest BCUT2D eigenvalue weighted by Gasteiger charge is -2.40. The van der Waals surface area contributed by atoms with E-state index in [0.29, 0.717) is 19.2 Å². The molecule has 0 unspecified atom stereocenters. The van der Waals surface area contributed by atoms with Gasteiger partial charge in [-0.15, -0.1) is 0 Å². The molecule has 0 saturated carbocycles. The van der Waals surface area contributed by atoms with Crippen LogP contribution in [0.15, 0.2) is 4.79 Å². The molecule has 1 aromatic heterocycles. The number of anilines is 1. The third-order valence-electron chi connectivity index (χ3n) is 6.51. The SMILES string of the molecule is CN[C@@H](C)C(=O)N1CCC2(CCc3c2nc(N2CCOCC2)[nH]c3=O)CC1. The summed E-state index contributed by atoms with van der Waals surface area (Å²) in [4.78, 5) is 37.1. The lowest BCUT2D eigenvalue weighted by molar-refractivity contribution is -0.134. The molecule has 0 radical (unpaired) electrons. The van der Waals surface area contributed by atoms with E-state index in [0.717, 1.165) is 63.1 Å². The molecule has 1 atom stereocenters. The van der Waals surface area contributed by atoms with Crippen LogP contribution in [-0.2, 0) is 21.4 Å². The van der Waals surface area contributed by atoms with E-state index in [2.05, 4.69) is 15.2 Å². The normalized spacial score (nSPS) is 22.7. The molecule has 27 heavy (non-hydrogen) atoms. The summed E-state index contributed by atoms with van der Waals surface area (Å²) in [5.74, 6) is 0.823. The van der Waals surface area contributed by atoms with Gasteiger partial charge in [-0.25, -0.2) is 4.98 Å². The predicted molar refractivity (Wildman–Crippen MR) is 102 cm³/mol. The molecule has 2 N–H and O–H groups in total. The fraction of sp³-hybridized carbons (Fsp3) is 0.737. The van der Waals surface area contributed by atoms with Gasteiger partial charge < -0.3 is 19.9 Å². The first kappa shape index (κ1) is 18.4. The molecule has 1 amide bonds. The van der Waals surface area contributed by atoms with Crippen molar-refractivity contribution < 1.29 is 9.53 Å². The minimum Gasteiger partial charge on any atom is -0.378 e. The van der Waals surface area contributed by atoms with Crippen LogP contribution in [0.2, 0.25) is 0 Å². The molecule has 8 heteroatoms. The number of likely N-dealkylation sites (tertiary alicyclic amines) is 1. The first-order chi connectivity index (χ1) is 13.0. The Hall–Kier alpha value is -1.93. The lowest BCUT2D eigenvalue weighted by Crippen LogP contribution is -2.50. The number of fused-ring (bicyclic) bond motifs is 2. The van der Waals surface area contributed by atoms with Gasteiger partial charge in [0, 0.05) is 37.2 Å². The van der Waals surface area contributed by atoms with E-state index in [4.69, 9.17) is 9.72 Å². The lowest BCUT2D eigenvalue weighted by atomic mass is 9.76. The Morgan fingerprint density at radius 2 is 1.93 bits per heavy atom. The highest BCUT2D eigenvalue weighted by molar-refractivity contribution is 5.81. The number of rotatable bonds is 3. The van der Waals surface area contributed by atoms with Gasteiger partial charge in [-0.05, 0) is 39.7 Å². The maximum Gasteiger partial charge on any atom is 0.255 e. The summed E-state index contributed by atoms with van der Waals surface area (Å²) in [6.07, 6.45) is 3.48. The van der Waals surface area contributed by atoms with Crippen molar-refractivity contribution in [1.82, 2.24) is 20.2 Å². The first-order valence-corrected chi connectivity index (χ1v) is 9.96. The van der Waals surface area contributed by atoms with Crippen LogP contribution in [0, 0.1) is 0 Å². The fourth-order valence-corrected chi connectivity index (χ4v) is 4.60. The summed E-state index contributed by atoms with van der Waals surface area (Å²) in [5, 5.41) is 3.03. The Balaban J connectivity index is 1.57. The van der Waals surface area contributed by atoms with Crippen LogP contribution in [0.5, 0.6) is 0 Å². The number of likely N-dealkylation sites (N-methyl/N-ethyl adjacent to an activating group) is 1. The second kappa shape index (κ2) is 7.24. The summed E-state index contributed by atoms with van der Waals surface area (Å²) in [6.45, 7) is 6.17. The number of morpholine rings is 1. The highest BCUT2D eigenvalue weighted by atomic mass is 16.5. The summed E-state index contributed by atoms with van der Waals surface area (Å²) in [5.41, 5.74) is 1.75. The van der Waals surface area contributed by atoms with Crippen LogP contribution in [0.25, 0.3) is 0 Å². The van der Waals surface area contributed by atoms with Gasteiger partial charge in [0.2, 0.25) is 11.9 Å². The molecular formula is C19H29N5O3. The highest BCUT2D eigenvalue weighted by Gasteiger charge is 2.45. The summed E-state index contributed by atoms with van der Waals surface area (Å²) >= 11 is 0. The number of H-pyrrole nitrogens is 1. The van der Waals surface area contributed by atoms with Crippen LogP contribution in [0.3, 0.4) is 0 Å². The molecule has 1 aliphatic carbocycles. The average molecular weight is 375 g/mol. The van der Waals surface area contributed by atoms with E-state index in [9.17, 15) is 9.59 Å². The minimum atomic E-state index is -0.163. The van der Waals surface area contributed by atoms with Crippen LogP contribution in [-0.4, -0.2) is 73.3 Å². The number of aromatic amines is 1. The van der Waals surface area contributed by atoms with Gasteiger partial charge in [-0.3, -0.25) is 14.6 Å². The quantitative estimate of drug-likeness (QED) is 0.774. The average Bonchev–Trinajstić information content (AvgIpc) is 3.06. The number of carbonyl (C=O) groups excluding carboxylic acids is 1. The Kier molecular flexibility index (Phi) is 4.94. The van der Waals surface area contributed by atoms with Crippen molar-refractivity contribution in [3.05, 3.63) is 21.6 Å². The Bertz CT molecular complexity index is 763. The zero-order valence-corrected chi connectivity index (χ0v) is 16.2. The highest BCUT2D eigenvalue weighted by Crippen LogP contribution is 2.44. The van der Waals surface area contributed by atoms with Gasteiger partial charge in [0.1, 0.15) is 0 Å². The molecule has 2 aliphatic heterocycles. The Labute approximate surface area is 159 Å². The summed E-state index contributed by atoms with van der Waals surface area (Å²) in [7, 11) is 1.81. The molecule has 2 saturated heterocycles. The molecule has 4 rings (SSSR count). The Morgan fingerprint density at radius 1 is 1.22 bits per heavy atom. The van der Waals surface area contributed by atoms with E-state index in [1.165, 1.54) is 0 Å². The largest absolute Gasteiger partial charge is 0.378 e.